The first-order valence-electron chi connectivity index (χ1n) is 16.9. The zero-order chi connectivity index (χ0) is 32.0. The van der Waals surface area contributed by atoms with Crippen molar-refractivity contribution in [1.29, 1.82) is 0 Å². The molecule has 3 aliphatic carbocycles. The average molecular weight is 615 g/mol. The Morgan fingerprint density at radius 3 is 2.38 bits per heavy atom. The number of nitrogens with zero attached hydrogens (tertiary/aromatic N) is 3. The van der Waals surface area contributed by atoms with Crippen molar-refractivity contribution in [3.8, 4) is 0 Å². The summed E-state index contributed by atoms with van der Waals surface area (Å²) < 4.78 is 1.54. The highest BCUT2D eigenvalue weighted by Gasteiger charge is 2.54. The van der Waals surface area contributed by atoms with E-state index in [0.29, 0.717) is 30.3 Å². The third kappa shape index (κ3) is 5.90. The Bertz CT molecular complexity index is 1470. The number of hydrogen-bond acceptors (Lipinski definition) is 5. The first-order chi connectivity index (χ1) is 21.5. The molecule has 2 aromatic rings. The van der Waals surface area contributed by atoms with Crippen LogP contribution in [0.4, 0.5) is 5.69 Å². The summed E-state index contributed by atoms with van der Waals surface area (Å²) in [5.74, 6) is -0.0694. The van der Waals surface area contributed by atoms with E-state index in [9.17, 15) is 14.4 Å². The van der Waals surface area contributed by atoms with Crippen LogP contribution >= 0.6 is 0 Å². The molecule has 1 aromatic heterocycles. The molecular formula is C36H50N6O3. The van der Waals surface area contributed by atoms with Gasteiger partial charge < -0.3 is 20.9 Å². The molecule has 4 aliphatic rings. The Morgan fingerprint density at radius 2 is 1.80 bits per heavy atom. The fourth-order valence-electron chi connectivity index (χ4n) is 8.18. The fourth-order valence-corrected chi connectivity index (χ4v) is 8.18. The molecule has 3 atom stereocenters. The number of likely N-dealkylation sites (tertiary alicyclic amines) is 1. The summed E-state index contributed by atoms with van der Waals surface area (Å²) >= 11 is 0. The first-order valence-corrected chi connectivity index (χ1v) is 16.9. The van der Waals surface area contributed by atoms with Gasteiger partial charge in [-0.05, 0) is 91.9 Å². The second-order valence-corrected chi connectivity index (χ2v) is 14.9. The van der Waals surface area contributed by atoms with Gasteiger partial charge in [-0.1, -0.05) is 58.2 Å². The average Bonchev–Trinajstić information content (AvgIpc) is 3.34. The summed E-state index contributed by atoms with van der Waals surface area (Å²) in [6.45, 7) is 12.1. The molecule has 2 unspecified atom stereocenters. The smallest absolute Gasteiger partial charge is 0.270 e. The molecule has 2 heterocycles. The highest BCUT2D eigenvalue weighted by Crippen LogP contribution is 2.58. The van der Waals surface area contributed by atoms with Crippen molar-refractivity contribution < 1.29 is 14.4 Å². The van der Waals surface area contributed by atoms with Crippen LogP contribution in [-0.2, 0) is 22.2 Å². The van der Waals surface area contributed by atoms with E-state index in [4.69, 9.17) is 0 Å². The molecule has 1 saturated heterocycles. The molecule has 6 rings (SSSR count). The van der Waals surface area contributed by atoms with E-state index in [1.807, 2.05) is 31.2 Å². The van der Waals surface area contributed by atoms with Crippen molar-refractivity contribution >= 4 is 23.4 Å². The predicted octanol–water partition coefficient (Wildman–Crippen LogP) is 5.50. The van der Waals surface area contributed by atoms with Crippen LogP contribution in [0, 0.1) is 22.7 Å². The third-order valence-electron chi connectivity index (χ3n) is 11.5. The quantitative estimate of drug-likeness (QED) is 0.293. The maximum atomic E-state index is 14.3. The van der Waals surface area contributed by atoms with Crippen LogP contribution in [0.5, 0.6) is 0 Å². The lowest BCUT2D eigenvalue weighted by atomic mass is 9.66. The standard InChI is InChI=1S/C36H50N6O3/c1-24(2)42-21-9-17-36(42,33(45)37-23-34(3)15-8-16-34)26-12-7-13-27(22-26)39-32(44)30(40-31(43)28-14-20-38-41(28)5)29(25-10-6-11-25)35(4)18-19-35/h7,12-14,20,22,25,29-30H,1,6,8-11,15-19,21,23H2,2-5H3,(H,37,45)(H,39,44)(H,40,43)/t29?,30-,36?/m0/s1. The maximum Gasteiger partial charge on any atom is 0.270 e. The van der Waals surface area contributed by atoms with Gasteiger partial charge in [0.15, 0.2) is 0 Å². The normalized spacial score (nSPS) is 24.5. The molecular weight excluding hydrogens is 564 g/mol. The van der Waals surface area contributed by atoms with Crippen LogP contribution in [0.15, 0.2) is 48.8 Å². The molecule has 0 bridgehead atoms. The summed E-state index contributed by atoms with van der Waals surface area (Å²) in [6, 6.07) is 8.71. The van der Waals surface area contributed by atoms with Gasteiger partial charge in [-0.15, -0.1) is 0 Å². The molecule has 1 aliphatic heterocycles. The molecule has 0 spiro atoms. The van der Waals surface area contributed by atoms with Crippen molar-refractivity contribution in [2.24, 2.45) is 29.7 Å². The Hall–Kier alpha value is -3.62. The fraction of sp³-hybridized carbons (Fsp3) is 0.611. The van der Waals surface area contributed by atoms with Gasteiger partial charge in [0.05, 0.1) is 0 Å². The van der Waals surface area contributed by atoms with Gasteiger partial charge in [-0.3, -0.25) is 19.1 Å². The van der Waals surface area contributed by atoms with E-state index in [0.717, 1.165) is 69.2 Å². The lowest BCUT2D eigenvalue weighted by Crippen LogP contribution is -2.54. The molecule has 1 aromatic carbocycles. The molecule has 3 saturated carbocycles. The zero-order valence-electron chi connectivity index (χ0n) is 27.5. The zero-order valence-corrected chi connectivity index (χ0v) is 27.5. The molecule has 3 amide bonds. The highest BCUT2D eigenvalue weighted by molar-refractivity contribution is 6.01. The third-order valence-corrected chi connectivity index (χ3v) is 11.5. The Balaban J connectivity index is 1.29. The number of allylic oxidation sites excluding steroid dienone is 1. The lowest BCUT2D eigenvalue weighted by Gasteiger charge is -2.43. The monoisotopic (exact) mass is 614 g/mol. The largest absolute Gasteiger partial charge is 0.358 e. The predicted molar refractivity (Wildman–Crippen MR) is 175 cm³/mol. The number of aryl methyl sites for hydroxylation is 1. The van der Waals surface area contributed by atoms with Crippen molar-refractivity contribution in [3.05, 3.63) is 60.1 Å². The summed E-state index contributed by atoms with van der Waals surface area (Å²) in [5.41, 5.74) is 2.03. The van der Waals surface area contributed by atoms with Gasteiger partial charge in [0.2, 0.25) is 5.91 Å². The molecule has 242 valence electrons. The second kappa shape index (κ2) is 12.0. The Labute approximate surface area is 267 Å². The van der Waals surface area contributed by atoms with E-state index < -0.39 is 11.6 Å². The molecule has 3 N–H and O–H groups in total. The number of nitrogens with one attached hydrogen (secondary N) is 3. The van der Waals surface area contributed by atoms with Gasteiger partial charge in [0.25, 0.3) is 11.8 Å². The second-order valence-electron chi connectivity index (χ2n) is 14.9. The highest BCUT2D eigenvalue weighted by atomic mass is 16.2. The van der Waals surface area contributed by atoms with Crippen LogP contribution < -0.4 is 16.0 Å². The van der Waals surface area contributed by atoms with E-state index in [1.54, 1.807) is 19.3 Å². The molecule has 45 heavy (non-hydrogen) atoms. The van der Waals surface area contributed by atoms with Crippen molar-refractivity contribution in [2.75, 3.05) is 18.4 Å². The number of carbonyl (C=O) groups is 3. The number of amides is 3. The minimum absolute atomic E-state index is 0.00683. The van der Waals surface area contributed by atoms with E-state index in [1.165, 1.54) is 11.1 Å². The Morgan fingerprint density at radius 1 is 1.04 bits per heavy atom. The lowest BCUT2D eigenvalue weighted by molar-refractivity contribution is -0.132. The van der Waals surface area contributed by atoms with E-state index in [-0.39, 0.29) is 34.5 Å². The van der Waals surface area contributed by atoms with Gasteiger partial charge in [0.1, 0.15) is 17.3 Å². The number of rotatable bonds is 12. The topological polar surface area (TPSA) is 108 Å². The number of anilines is 1. The minimum Gasteiger partial charge on any atom is -0.358 e. The summed E-state index contributed by atoms with van der Waals surface area (Å²) in [6.07, 6.45) is 12.0. The van der Waals surface area contributed by atoms with Crippen molar-refractivity contribution in [3.63, 3.8) is 0 Å². The Kier molecular flexibility index (Phi) is 8.33. The minimum atomic E-state index is -0.893. The van der Waals surface area contributed by atoms with E-state index in [2.05, 4.69) is 46.4 Å². The van der Waals surface area contributed by atoms with Crippen LogP contribution in [0.2, 0.25) is 0 Å². The first kappa shape index (κ1) is 31.4. The van der Waals surface area contributed by atoms with Gasteiger partial charge >= 0.3 is 0 Å². The SMILES string of the molecule is C=C(C)N1CCCC1(C(=O)NCC1(C)CCC1)c1cccc(NC(=O)[C@@H](NC(=O)c2ccnn2C)C(C2CCC2)C2(C)CC2)c1. The molecule has 9 heteroatoms. The number of aromatic nitrogens is 2. The summed E-state index contributed by atoms with van der Waals surface area (Å²) in [5, 5.41) is 13.8. The number of carbonyl (C=O) groups excluding carboxylic acids is 3. The van der Waals surface area contributed by atoms with Gasteiger partial charge in [0, 0.05) is 37.7 Å². The number of hydrogen-bond donors (Lipinski definition) is 3. The van der Waals surface area contributed by atoms with Crippen LogP contribution in [-0.4, -0.2) is 51.5 Å². The van der Waals surface area contributed by atoms with Crippen LogP contribution in [0.25, 0.3) is 0 Å². The van der Waals surface area contributed by atoms with Gasteiger partial charge in [-0.2, -0.15) is 5.10 Å². The molecule has 0 radical (unpaired) electrons. The summed E-state index contributed by atoms with van der Waals surface area (Å²) in [4.78, 5) is 44.0. The molecule has 9 nitrogen and oxygen atoms in total. The van der Waals surface area contributed by atoms with Crippen LogP contribution in [0.3, 0.4) is 0 Å². The molecule has 4 fully saturated rings. The maximum absolute atomic E-state index is 14.3. The van der Waals surface area contributed by atoms with Crippen LogP contribution in [0.1, 0.15) is 101 Å². The summed E-state index contributed by atoms with van der Waals surface area (Å²) in [7, 11) is 1.73. The van der Waals surface area contributed by atoms with Gasteiger partial charge in [-0.25, -0.2) is 0 Å². The van der Waals surface area contributed by atoms with E-state index >= 15 is 0 Å². The van der Waals surface area contributed by atoms with Crippen molar-refractivity contribution in [1.82, 2.24) is 25.3 Å². The number of benzene rings is 1. The van der Waals surface area contributed by atoms with Crippen molar-refractivity contribution in [2.45, 2.75) is 96.6 Å².